The molecular weight excluding hydrogens is 384 g/mol. The molecule has 1 heterocycles. The Kier molecular flexibility index (Phi) is 6.89. The number of aromatic nitrogens is 1. The molecule has 2 N–H and O–H groups in total. The fourth-order valence-corrected chi connectivity index (χ4v) is 2.90. The monoisotopic (exact) mass is 412 g/mol. The number of hydrogen-bond donors (Lipinski definition) is 2. The molecule has 1 aliphatic rings. The number of likely N-dealkylation sites (N-methyl/N-ethyl adjacent to an activating group) is 1. The highest BCUT2D eigenvalue weighted by atomic mass is 16.5. The van der Waals surface area contributed by atoms with Crippen LogP contribution in [0.15, 0.2) is 41.3 Å². The van der Waals surface area contributed by atoms with Crippen LogP contribution in [-0.4, -0.2) is 66.9 Å². The quantitative estimate of drug-likeness (QED) is 0.651. The van der Waals surface area contributed by atoms with E-state index in [2.05, 4.69) is 10.3 Å². The second kappa shape index (κ2) is 9.58. The van der Waals surface area contributed by atoms with Crippen molar-refractivity contribution in [3.63, 3.8) is 0 Å². The number of carbonyl (C=O) groups is 2. The Hall–Kier alpha value is -3.13. The fourth-order valence-electron chi connectivity index (χ4n) is 2.90. The van der Waals surface area contributed by atoms with E-state index < -0.39 is 11.5 Å². The molecule has 8 heteroatoms. The maximum atomic E-state index is 12.8. The van der Waals surface area contributed by atoms with Crippen molar-refractivity contribution in [3.8, 4) is 5.75 Å². The second-order valence-electron chi connectivity index (χ2n) is 7.84. The van der Waals surface area contributed by atoms with Gasteiger partial charge in [0.25, 0.3) is 17.4 Å². The number of H-pyrrole nitrogens is 1. The lowest BCUT2D eigenvalue weighted by Gasteiger charge is -2.18. The van der Waals surface area contributed by atoms with Gasteiger partial charge in [0, 0.05) is 32.4 Å². The average Bonchev–Trinajstić information content (AvgIpc) is 3.51. The maximum absolute atomic E-state index is 12.8. The summed E-state index contributed by atoms with van der Waals surface area (Å²) in [7, 11) is 5.58. The summed E-state index contributed by atoms with van der Waals surface area (Å²) in [4.78, 5) is 43.3. The lowest BCUT2D eigenvalue weighted by molar-refractivity contribution is 0.0783. The minimum atomic E-state index is -0.518. The van der Waals surface area contributed by atoms with Crippen molar-refractivity contribution in [3.05, 3.63) is 63.6 Å². The zero-order chi connectivity index (χ0) is 21.7. The number of nitrogens with one attached hydrogen (secondary N) is 2. The van der Waals surface area contributed by atoms with Gasteiger partial charge in [0.1, 0.15) is 17.9 Å². The SMILES string of the molecule is CN(C)CCOc1cccc(CN(C)C(=O)c2cc(C(=O)NC3CC3)c[nH]c2=O)c1. The number of aromatic amines is 1. The first-order valence-electron chi connectivity index (χ1n) is 9.99. The number of benzene rings is 1. The predicted octanol–water partition coefficient (Wildman–Crippen LogP) is 1.48. The molecule has 160 valence electrons. The third-order valence-electron chi connectivity index (χ3n) is 4.78. The molecule has 3 rings (SSSR count). The Morgan fingerprint density at radius 3 is 2.67 bits per heavy atom. The second-order valence-corrected chi connectivity index (χ2v) is 7.84. The topological polar surface area (TPSA) is 94.7 Å². The minimum absolute atomic E-state index is 0.0562. The fraction of sp³-hybridized carbons (Fsp3) is 0.409. The van der Waals surface area contributed by atoms with Crippen LogP contribution in [0.4, 0.5) is 0 Å². The summed E-state index contributed by atoms with van der Waals surface area (Å²) in [5.41, 5.74) is 0.580. The summed E-state index contributed by atoms with van der Waals surface area (Å²) >= 11 is 0. The van der Waals surface area contributed by atoms with Gasteiger partial charge >= 0.3 is 0 Å². The Bertz CT molecular complexity index is 966. The van der Waals surface area contributed by atoms with Gasteiger partial charge in [-0.15, -0.1) is 0 Å². The van der Waals surface area contributed by atoms with Gasteiger partial charge in [-0.05, 0) is 50.7 Å². The predicted molar refractivity (Wildman–Crippen MR) is 114 cm³/mol. The van der Waals surface area contributed by atoms with Crippen LogP contribution in [0.1, 0.15) is 39.1 Å². The molecule has 1 saturated carbocycles. The van der Waals surface area contributed by atoms with E-state index in [1.807, 2.05) is 43.3 Å². The number of amides is 2. The van der Waals surface area contributed by atoms with E-state index in [-0.39, 0.29) is 23.1 Å². The number of ether oxygens (including phenoxy) is 1. The van der Waals surface area contributed by atoms with Crippen molar-refractivity contribution in [1.29, 1.82) is 0 Å². The van der Waals surface area contributed by atoms with Gasteiger partial charge in [0.2, 0.25) is 0 Å². The van der Waals surface area contributed by atoms with E-state index in [0.717, 1.165) is 30.7 Å². The Morgan fingerprint density at radius 2 is 1.97 bits per heavy atom. The van der Waals surface area contributed by atoms with Gasteiger partial charge in [-0.2, -0.15) is 0 Å². The van der Waals surface area contributed by atoms with Crippen molar-refractivity contribution < 1.29 is 14.3 Å². The van der Waals surface area contributed by atoms with E-state index in [1.54, 1.807) is 7.05 Å². The normalized spacial score (nSPS) is 13.2. The van der Waals surface area contributed by atoms with Crippen LogP contribution >= 0.6 is 0 Å². The molecule has 2 amide bonds. The van der Waals surface area contributed by atoms with E-state index in [1.165, 1.54) is 17.2 Å². The van der Waals surface area contributed by atoms with E-state index in [4.69, 9.17) is 4.74 Å². The molecule has 30 heavy (non-hydrogen) atoms. The number of rotatable bonds is 9. The molecule has 8 nitrogen and oxygen atoms in total. The molecule has 0 radical (unpaired) electrons. The first-order valence-corrected chi connectivity index (χ1v) is 9.99. The molecule has 0 aliphatic heterocycles. The molecule has 1 aromatic heterocycles. The first-order chi connectivity index (χ1) is 14.3. The average molecular weight is 412 g/mol. The van der Waals surface area contributed by atoms with Gasteiger partial charge in [0.05, 0.1) is 5.56 Å². The third-order valence-corrected chi connectivity index (χ3v) is 4.78. The Morgan fingerprint density at radius 1 is 1.20 bits per heavy atom. The van der Waals surface area contributed by atoms with Gasteiger partial charge in [0.15, 0.2) is 0 Å². The molecule has 0 unspecified atom stereocenters. The lowest BCUT2D eigenvalue weighted by atomic mass is 10.1. The highest BCUT2D eigenvalue weighted by Crippen LogP contribution is 2.19. The zero-order valence-corrected chi connectivity index (χ0v) is 17.6. The molecule has 1 fully saturated rings. The molecule has 0 saturated heterocycles. The molecule has 1 aromatic carbocycles. The molecule has 1 aliphatic carbocycles. The van der Waals surface area contributed by atoms with Crippen molar-refractivity contribution >= 4 is 11.8 Å². The standard InChI is InChI=1S/C22H28N4O4/c1-25(2)9-10-30-18-6-4-5-15(11-18)14-26(3)22(29)19-12-16(13-23-21(19)28)20(27)24-17-7-8-17/h4-6,11-13,17H,7-10,14H2,1-3H3,(H,23,28)(H,24,27). The number of hydrogen-bond acceptors (Lipinski definition) is 5. The molecule has 0 spiro atoms. The third kappa shape index (κ3) is 5.93. The van der Waals surface area contributed by atoms with Crippen molar-refractivity contribution in [2.45, 2.75) is 25.4 Å². The first kappa shape index (κ1) is 21.6. The minimum Gasteiger partial charge on any atom is -0.492 e. The van der Waals surface area contributed by atoms with Gasteiger partial charge in [-0.25, -0.2) is 0 Å². The van der Waals surface area contributed by atoms with Crippen LogP contribution in [-0.2, 0) is 6.54 Å². The largest absolute Gasteiger partial charge is 0.492 e. The molecule has 2 aromatic rings. The lowest BCUT2D eigenvalue weighted by Crippen LogP contribution is -2.33. The number of nitrogens with zero attached hydrogens (tertiary/aromatic N) is 2. The summed E-state index contributed by atoms with van der Waals surface area (Å²) < 4.78 is 5.74. The summed E-state index contributed by atoms with van der Waals surface area (Å²) in [5.74, 6) is -0.00364. The summed E-state index contributed by atoms with van der Waals surface area (Å²) in [6.07, 6.45) is 3.26. The number of pyridine rings is 1. The van der Waals surface area contributed by atoms with Crippen LogP contribution in [0.3, 0.4) is 0 Å². The van der Waals surface area contributed by atoms with E-state index in [9.17, 15) is 14.4 Å². The highest BCUT2D eigenvalue weighted by Gasteiger charge is 2.25. The Balaban J connectivity index is 1.67. The van der Waals surface area contributed by atoms with Gasteiger partial charge in [-0.1, -0.05) is 12.1 Å². The van der Waals surface area contributed by atoms with Crippen molar-refractivity contribution in [1.82, 2.24) is 20.1 Å². The number of carbonyl (C=O) groups excluding carboxylic acids is 2. The summed E-state index contributed by atoms with van der Waals surface area (Å²) in [5, 5.41) is 2.85. The smallest absolute Gasteiger partial charge is 0.260 e. The van der Waals surface area contributed by atoms with Crippen LogP contribution in [0.2, 0.25) is 0 Å². The summed E-state index contributed by atoms with van der Waals surface area (Å²) in [6.45, 7) is 1.67. The van der Waals surface area contributed by atoms with Crippen LogP contribution < -0.4 is 15.6 Å². The van der Waals surface area contributed by atoms with Crippen LogP contribution in [0, 0.1) is 0 Å². The van der Waals surface area contributed by atoms with Crippen molar-refractivity contribution in [2.24, 2.45) is 0 Å². The van der Waals surface area contributed by atoms with Crippen LogP contribution in [0.25, 0.3) is 0 Å². The highest BCUT2D eigenvalue weighted by molar-refractivity contribution is 5.99. The molecule has 0 atom stereocenters. The molecular formula is C22H28N4O4. The van der Waals surface area contributed by atoms with Gasteiger partial charge < -0.3 is 24.8 Å². The zero-order valence-electron chi connectivity index (χ0n) is 17.6. The van der Waals surface area contributed by atoms with Crippen LogP contribution in [0.5, 0.6) is 5.75 Å². The maximum Gasteiger partial charge on any atom is 0.260 e. The summed E-state index contributed by atoms with van der Waals surface area (Å²) in [6, 6.07) is 9.06. The Labute approximate surface area is 175 Å². The van der Waals surface area contributed by atoms with Gasteiger partial charge in [-0.3, -0.25) is 14.4 Å². The van der Waals surface area contributed by atoms with E-state index >= 15 is 0 Å². The van der Waals surface area contributed by atoms with Crippen molar-refractivity contribution in [2.75, 3.05) is 34.3 Å². The molecule has 0 bridgehead atoms. The van der Waals surface area contributed by atoms with E-state index in [0.29, 0.717) is 13.2 Å².